The van der Waals surface area contributed by atoms with Crippen molar-refractivity contribution in [2.24, 2.45) is 0 Å². The molecule has 0 unspecified atom stereocenters. The van der Waals surface area contributed by atoms with E-state index in [9.17, 15) is 14.4 Å². The Morgan fingerprint density at radius 1 is 0.923 bits per heavy atom. The van der Waals surface area contributed by atoms with Gasteiger partial charge in [-0.15, -0.1) is 0 Å². The lowest BCUT2D eigenvalue weighted by atomic mass is 10.2. The molecule has 0 aliphatic carbocycles. The van der Waals surface area contributed by atoms with Gasteiger partial charge in [-0.2, -0.15) is 0 Å². The zero-order valence-corrected chi connectivity index (χ0v) is 14.9. The number of carbonyl (C=O) groups is 3. The Morgan fingerprint density at radius 2 is 1.58 bits per heavy atom. The van der Waals surface area contributed by atoms with Gasteiger partial charge in [0.15, 0.2) is 0 Å². The molecule has 0 saturated heterocycles. The summed E-state index contributed by atoms with van der Waals surface area (Å²) in [5.74, 6) is -0.606. The van der Waals surface area contributed by atoms with Crippen LogP contribution in [0.2, 0.25) is 0 Å². The van der Waals surface area contributed by atoms with E-state index in [1.165, 1.54) is 14.0 Å². The predicted octanol–water partition coefficient (Wildman–Crippen LogP) is 2.93. The SMILES string of the molecule is COc1ccc(C)cc1NC(=O)CC(=O)Nc1cccc(NC(C)=O)c1. The lowest BCUT2D eigenvalue weighted by molar-refractivity contribution is -0.123. The first kappa shape index (κ1) is 19.0. The molecule has 2 aromatic carbocycles. The molecule has 26 heavy (non-hydrogen) atoms. The summed E-state index contributed by atoms with van der Waals surface area (Å²) in [4.78, 5) is 35.3. The van der Waals surface area contributed by atoms with Gasteiger partial charge in [-0.05, 0) is 42.8 Å². The average molecular weight is 355 g/mol. The number of aryl methyl sites for hydroxylation is 1. The molecule has 0 heterocycles. The van der Waals surface area contributed by atoms with Gasteiger partial charge < -0.3 is 20.7 Å². The van der Waals surface area contributed by atoms with Crippen LogP contribution in [0, 0.1) is 6.92 Å². The molecule has 0 saturated carbocycles. The summed E-state index contributed by atoms with van der Waals surface area (Å²) in [5.41, 5.74) is 2.52. The summed E-state index contributed by atoms with van der Waals surface area (Å²) in [6, 6.07) is 12.1. The second-order valence-electron chi connectivity index (χ2n) is 5.74. The van der Waals surface area contributed by atoms with Crippen molar-refractivity contribution in [1.29, 1.82) is 0 Å². The first-order valence-corrected chi connectivity index (χ1v) is 7.99. The van der Waals surface area contributed by atoms with E-state index in [4.69, 9.17) is 4.74 Å². The highest BCUT2D eigenvalue weighted by molar-refractivity contribution is 6.08. The summed E-state index contributed by atoms with van der Waals surface area (Å²) in [6.45, 7) is 3.29. The lowest BCUT2D eigenvalue weighted by Gasteiger charge is -2.11. The molecule has 0 aromatic heterocycles. The molecule has 2 aromatic rings. The van der Waals surface area contributed by atoms with Crippen LogP contribution in [0.25, 0.3) is 0 Å². The summed E-state index contributed by atoms with van der Waals surface area (Å²) in [6.07, 6.45) is -0.346. The molecule has 7 nitrogen and oxygen atoms in total. The lowest BCUT2D eigenvalue weighted by Crippen LogP contribution is -2.21. The standard InChI is InChI=1S/C19H21N3O4/c1-12-7-8-17(26-3)16(9-12)22-19(25)11-18(24)21-15-6-4-5-14(10-15)20-13(2)23/h4-10H,11H2,1-3H3,(H,20,23)(H,21,24)(H,22,25). The molecular weight excluding hydrogens is 334 g/mol. The monoisotopic (exact) mass is 355 g/mol. The van der Waals surface area contributed by atoms with E-state index in [0.29, 0.717) is 22.8 Å². The zero-order valence-electron chi connectivity index (χ0n) is 14.9. The van der Waals surface area contributed by atoms with Crippen molar-refractivity contribution in [3.63, 3.8) is 0 Å². The fourth-order valence-electron chi connectivity index (χ4n) is 2.34. The van der Waals surface area contributed by atoms with Crippen LogP contribution in [0.4, 0.5) is 17.1 Å². The van der Waals surface area contributed by atoms with Gasteiger partial charge in [0.1, 0.15) is 12.2 Å². The van der Waals surface area contributed by atoms with Gasteiger partial charge in [-0.3, -0.25) is 14.4 Å². The highest BCUT2D eigenvalue weighted by Crippen LogP contribution is 2.25. The Kier molecular flexibility index (Phi) is 6.32. The molecule has 136 valence electrons. The Hall–Kier alpha value is -3.35. The number of amides is 3. The Bertz CT molecular complexity index is 833. The van der Waals surface area contributed by atoms with Gasteiger partial charge in [0.2, 0.25) is 17.7 Å². The average Bonchev–Trinajstić information content (AvgIpc) is 2.54. The van der Waals surface area contributed by atoms with E-state index in [0.717, 1.165) is 5.56 Å². The molecule has 0 fully saturated rings. The van der Waals surface area contributed by atoms with Crippen LogP contribution in [0.1, 0.15) is 18.9 Å². The third kappa shape index (κ3) is 5.62. The molecule has 3 amide bonds. The van der Waals surface area contributed by atoms with E-state index in [1.807, 2.05) is 13.0 Å². The smallest absolute Gasteiger partial charge is 0.233 e. The maximum absolute atomic E-state index is 12.1. The number of carbonyl (C=O) groups excluding carboxylic acids is 3. The van der Waals surface area contributed by atoms with Gasteiger partial charge in [0.05, 0.1) is 12.8 Å². The van der Waals surface area contributed by atoms with Crippen LogP contribution >= 0.6 is 0 Å². The molecule has 0 bridgehead atoms. The third-order valence-corrected chi connectivity index (χ3v) is 3.42. The van der Waals surface area contributed by atoms with E-state index < -0.39 is 11.8 Å². The van der Waals surface area contributed by atoms with Crippen molar-refractivity contribution >= 4 is 34.8 Å². The summed E-state index contributed by atoms with van der Waals surface area (Å²) < 4.78 is 5.20. The summed E-state index contributed by atoms with van der Waals surface area (Å²) in [7, 11) is 1.51. The number of methoxy groups -OCH3 is 1. The van der Waals surface area contributed by atoms with E-state index >= 15 is 0 Å². The van der Waals surface area contributed by atoms with Crippen LogP contribution < -0.4 is 20.7 Å². The molecule has 0 aliphatic rings. The van der Waals surface area contributed by atoms with Crippen molar-refractivity contribution in [1.82, 2.24) is 0 Å². The van der Waals surface area contributed by atoms with Crippen LogP contribution in [-0.2, 0) is 14.4 Å². The van der Waals surface area contributed by atoms with Gasteiger partial charge in [-0.25, -0.2) is 0 Å². The van der Waals surface area contributed by atoms with Crippen molar-refractivity contribution in [2.75, 3.05) is 23.1 Å². The highest BCUT2D eigenvalue weighted by Gasteiger charge is 2.13. The summed E-state index contributed by atoms with van der Waals surface area (Å²) >= 11 is 0. The van der Waals surface area contributed by atoms with E-state index in [-0.39, 0.29) is 12.3 Å². The van der Waals surface area contributed by atoms with Crippen molar-refractivity contribution < 1.29 is 19.1 Å². The summed E-state index contributed by atoms with van der Waals surface area (Å²) in [5, 5.41) is 7.93. The molecule has 0 aliphatic heterocycles. The first-order chi connectivity index (χ1) is 12.4. The number of nitrogens with one attached hydrogen (secondary N) is 3. The highest BCUT2D eigenvalue weighted by atomic mass is 16.5. The predicted molar refractivity (Wildman–Crippen MR) is 100 cm³/mol. The molecule has 0 spiro atoms. The van der Waals surface area contributed by atoms with Gasteiger partial charge >= 0.3 is 0 Å². The Morgan fingerprint density at radius 3 is 2.23 bits per heavy atom. The van der Waals surface area contributed by atoms with Crippen molar-refractivity contribution in [3.8, 4) is 5.75 Å². The first-order valence-electron chi connectivity index (χ1n) is 7.99. The fraction of sp³-hybridized carbons (Fsp3) is 0.211. The fourth-order valence-corrected chi connectivity index (χ4v) is 2.34. The second kappa shape index (κ2) is 8.66. The van der Waals surface area contributed by atoms with Crippen LogP contribution in [-0.4, -0.2) is 24.8 Å². The van der Waals surface area contributed by atoms with Crippen molar-refractivity contribution in [2.45, 2.75) is 20.3 Å². The van der Waals surface area contributed by atoms with E-state index in [1.54, 1.807) is 36.4 Å². The third-order valence-electron chi connectivity index (χ3n) is 3.42. The minimum atomic E-state index is -0.464. The zero-order chi connectivity index (χ0) is 19.1. The molecular formula is C19H21N3O4. The van der Waals surface area contributed by atoms with Gasteiger partial charge in [0.25, 0.3) is 0 Å². The molecule has 0 radical (unpaired) electrons. The Balaban J connectivity index is 1.96. The van der Waals surface area contributed by atoms with E-state index in [2.05, 4.69) is 16.0 Å². The quantitative estimate of drug-likeness (QED) is 0.694. The Labute approximate surface area is 151 Å². The number of hydrogen-bond donors (Lipinski definition) is 3. The maximum Gasteiger partial charge on any atom is 0.233 e. The number of rotatable bonds is 6. The number of benzene rings is 2. The largest absolute Gasteiger partial charge is 0.495 e. The maximum atomic E-state index is 12.1. The van der Waals surface area contributed by atoms with Crippen molar-refractivity contribution in [3.05, 3.63) is 48.0 Å². The van der Waals surface area contributed by atoms with Gasteiger partial charge in [-0.1, -0.05) is 12.1 Å². The number of anilines is 3. The van der Waals surface area contributed by atoms with Crippen LogP contribution in [0.15, 0.2) is 42.5 Å². The topological polar surface area (TPSA) is 96.5 Å². The van der Waals surface area contributed by atoms with Crippen LogP contribution in [0.3, 0.4) is 0 Å². The minimum absolute atomic E-state index is 0.208. The minimum Gasteiger partial charge on any atom is -0.495 e. The molecule has 0 atom stereocenters. The van der Waals surface area contributed by atoms with Gasteiger partial charge in [0, 0.05) is 18.3 Å². The number of hydrogen-bond acceptors (Lipinski definition) is 4. The molecule has 3 N–H and O–H groups in total. The molecule has 2 rings (SSSR count). The molecule has 7 heteroatoms. The normalized spacial score (nSPS) is 9.96. The number of ether oxygens (including phenoxy) is 1. The van der Waals surface area contributed by atoms with Crippen LogP contribution in [0.5, 0.6) is 5.75 Å². The second-order valence-corrected chi connectivity index (χ2v) is 5.74.